The summed E-state index contributed by atoms with van der Waals surface area (Å²) in [6, 6.07) is 8.94. The molecule has 12 heteroatoms. The van der Waals surface area contributed by atoms with Gasteiger partial charge in [-0.25, -0.2) is 4.39 Å². The van der Waals surface area contributed by atoms with Gasteiger partial charge < -0.3 is 10.2 Å². The van der Waals surface area contributed by atoms with Crippen molar-refractivity contribution in [1.82, 2.24) is 14.8 Å². The van der Waals surface area contributed by atoms with E-state index in [1.165, 1.54) is 18.2 Å². The fourth-order valence-corrected chi connectivity index (χ4v) is 3.56. The first-order chi connectivity index (χ1) is 15.2. The number of hydrogen-bond acceptors (Lipinski definition) is 6. The van der Waals surface area contributed by atoms with Crippen LogP contribution in [0.4, 0.5) is 20.2 Å². The molecule has 3 aromatic rings. The first kappa shape index (κ1) is 23.3. The molecule has 1 atom stereocenters. The summed E-state index contributed by atoms with van der Waals surface area (Å²) >= 11 is 1.10. The number of nitro groups is 1. The van der Waals surface area contributed by atoms with Crippen LogP contribution in [-0.2, 0) is 4.79 Å². The van der Waals surface area contributed by atoms with E-state index in [4.69, 9.17) is 0 Å². The number of halogens is 2. The van der Waals surface area contributed by atoms with Gasteiger partial charge in [0.15, 0.2) is 11.0 Å². The van der Waals surface area contributed by atoms with Gasteiger partial charge in [-0.2, -0.15) is 4.39 Å². The number of hydrogen-bond donors (Lipinski definition) is 2. The number of nitrogens with zero attached hydrogens (tertiary/aromatic N) is 4. The number of carbonyl (C=O) groups excluding carboxylic acids is 1. The van der Waals surface area contributed by atoms with E-state index in [0.29, 0.717) is 16.7 Å². The van der Waals surface area contributed by atoms with Gasteiger partial charge in [0.05, 0.1) is 24.8 Å². The van der Waals surface area contributed by atoms with Crippen molar-refractivity contribution >= 4 is 29.0 Å². The van der Waals surface area contributed by atoms with Gasteiger partial charge in [0.2, 0.25) is 11.7 Å². The van der Waals surface area contributed by atoms with Crippen LogP contribution in [0.3, 0.4) is 0 Å². The Morgan fingerprint density at radius 1 is 1.22 bits per heavy atom. The SMILES string of the molecule is C[C@H](c1nnc(SCC(=O)Nc2ccc(F)c([N+](=O)[O-])c2)n1-c1ccc(F)cc1)[NH+](C)C. The van der Waals surface area contributed by atoms with E-state index >= 15 is 0 Å². The molecule has 0 unspecified atom stereocenters. The molecule has 9 nitrogen and oxygen atoms in total. The van der Waals surface area contributed by atoms with Crippen LogP contribution < -0.4 is 10.2 Å². The highest BCUT2D eigenvalue weighted by molar-refractivity contribution is 7.99. The predicted octanol–water partition coefficient (Wildman–Crippen LogP) is 2.39. The second-order valence-electron chi connectivity index (χ2n) is 7.21. The van der Waals surface area contributed by atoms with Gasteiger partial charge in [0.25, 0.3) is 0 Å². The summed E-state index contributed by atoms with van der Waals surface area (Å²) in [4.78, 5) is 23.5. The van der Waals surface area contributed by atoms with Crippen LogP contribution in [0.25, 0.3) is 5.69 Å². The second-order valence-corrected chi connectivity index (χ2v) is 8.15. The van der Waals surface area contributed by atoms with Gasteiger partial charge in [-0.3, -0.25) is 19.5 Å². The molecule has 0 aliphatic rings. The summed E-state index contributed by atoms with van der Waals surface area (Å²) in [6.07, 6.45) is 0. The van der Waals surface area contributed by atoms with Crippen molar-refractivity contribution < 1.29 is 23.4 Å². The quantitative estimate of drug-likeness (QED) is 0.302. The van der Waals surface area contributed by atoms with Gasteiger partial charge in [-0.1, -0.05) is 11.8 Å². The molecule has 0 radical (unpaired) electrons. The van der Waals surface area contributed by atoms with Crippen molar-refractivity contribution in [3.05, 3.63) is 70.0 Å². The number of carbonyl (C=O) groups is 1. The molecule has 1 heterocycles. The Hall–Kier alpha value is -3.38. The fourth-order valence-electron chi connectivity index (χ4n) is 2.80. The number of anilines is 1. The number of benzene rings is 2. The van der Waals surface area contributed by atoms with E-state index in [-0.39, 0.29) is 23.3 Å². The Kier molecular flexibility index (Phi) is 7.15. The van der Waals surface area contributed by atoms with Crippen molar-refractivity contribution in [2.24, 2.45) is 0 Å². The summed E-state index contributed by atoms with van der Waals surface area (Å²) in [6.45, 7) is 1.97. The molecule has 0 spiro atoms. The molecule has 0 aliphatic carbocycles. The normalized spacial score (nSPS) is 12.1. The number of nitrogens with one attached hydrogen (secondary N) is 2. The van der Waals surface area contributed by atoms with Crippen LogP contribution in [0.2, 0.25) is 0 Å². The standard InChI is InChI=1S/C20H20F2N6O3S/c1-12(26(2)3)19-24-25-20(27(19)15-7-4-13(21)5-8-15)32-11-18(29)23-14-6-9-16(22)17(10-14)28(30)31/h4-10,12H,11H2,1-3H3,(H,23,29)/p+1/t12-/m1/s1. The highest BCUT2D eigenvalue weighted by Crippen LogP contribution is 2.26. The zero-order valence-electron chi connectivity index (χ0n) is 17.5. The van der Waals surface area contributed by atoms with Gasteiger partial charge in [0, 0.05) is 17.4 Å². The number of aromatic nitrogens is 3. The molecule has 0 fully saturated rings. The van der Waals surface area contributed by atoms with Crippen LogP contribution in [-0.4, -0.2) is 45.4 Å². The van der Waals surface area contributed by atoms with Gasteiger partial charge in [0.1, 0.15) is 11.9 Å². The summed E-state index contributed by atoms with van der Waals surface area (Å²) in [5.74, 6) is -1.25. The van der Waals surface area contributed by atoms with Gasteiger partial charge in [-0.15, -0.1) is 10.2 Å². The molecule has 1 amide bonds. The third-order valence-electron chi connectivity index (χ3n) is 4.76. The Bertz CT molecular complexity index is 1140. The van der Waals surface area contributed by atoms with Gasteiger partial charge >= 0.3 is 5.69 Å². The van der Waals surface area contributed by atoms with Crippen molar-refractivity contribution in [2.45, 2.75) is 18.1 Å². The number of nitro benzene ring substituents is 1. The number of thioether (sulfide) groups is 1. The predicted molar refractivity (Wildman–Crippen MR) is 115 cm³/mol. The third kappa shape index (κ3) is 5.26. The lowest BCUT2D eigenvalue weighted by atomic mass is 10.2. The minimum atomic E-state index is -0.987. The highest BCUT2D eigenvalue weighted by atomic mass is 32.2. The lowest BCUT2D eigenvalue weighted by Crippen LogP contribution is -3.05. The summed E-state index contributed by atoms with van der Waals surface area (Å²) < 4.78 is 28.7. The molecule has 168 valence electrons. The zero-order chi connectivity index (χ0) is 23.4. The molecule has 0 saturated carbocycles. The first-order valence-corrected chi connectivity index (χ1v) is 10.5. The smallest absolute Gasteiger partial charge is 0.306 e. The molecule has 32 heavy (non-hydrogen) atoms. The second kappa shape index (κ2) is 9.83. The summed E-state index contributed by atoms with van der Waals surface area (Å²) in [5, 5.41) is 22.3. The maximum Gasteiger partial charge on any atom is 0.306 e. The molecular formula is C20H21F2N6O3S+. The lowest BCUT2D eigenvalue weighted by molar-refractivity contribution is -0.890. The third-order valence-corrected chi connectivity index (χ3v) is 5.68. The molecule has 2 N–H and O–H groups in total. The van der Waals surface area contributed by atoms with Crippen molar-refractivity contribution in [2.75, 3.05) is 25.2 Å². The molecule has 0 aliphatic heterocycles. The topological polar surface area (TPSA) is 107 Å². The molecular weight excluding hydrogens is 442 g/mol. The Balaban J connectivity index is 1.80. The molecule has 0 bridgehead atoms. The molecule has 2 aromatic carbocycles. The van der Waals surface area contributed by atoms with E-state index in [2.05, 4.69) is 15.5 Å². The Morgan fingerprint density at radius 2 is 1.91 bits per heavy atom. The Labute approximate surface area is 186 Å². The maximum absolute atomic E-state index is 13.5. The van der Waals surface area contributed by atoms with E-state index < -0.39 is 22.3 Å². The maximum atomic E-state index is 13.5. The largest absolute Gasteiger partial charge is 0.331 e. The fraction of sp³-hybridized carbons (Fsp3) is 0.250. The van der Waals surface area contributed by atoms with Crippen LogP contribution in [0, 0.1) is 21.7 Å². The van der Waals surface area contributed by atoms with E-state index in [9.17, 15) is 23.7 Å². The van der Waals surface area contributed by atoms with Gasteiger partial charge in [-0.05, 0) is 43.3 Å². The molecule has 1 aromatic heterocycles. The average Bonchev–Trinajstić information content (AvgIpc) is 3.17. The van der Waals surface area contributed by atoms with E-state index in [0.717, 1.165) is 28.8 Å². The number of quaternary nitrogens is 1. The summed E-state index contributed by atoms with van der Waals surface area (Å²) in [5.41, 5.74) is 0.0297. The van der Waals surface area contributed by atoms with Crippen LogP contribution >= 0.6 is 11.8 Å². The molecule has 3 rings (SSSR count). The number of rotatable bonds is 8. The van der Waals surface area contributed by atoms with E-state index in [1.807, 2.05) is 21.0 Å². The minimum Gasteiger partial charge on any atom is -0.331 e. The molecule has 0 saturated heterocycles. The van der Waals surface area contributed by atoms with Crippen LogP contribution in [0.5, 0.6) is 0 Å². The number of amides is 1. The van der Waals surface area contributed by atoms with Crippen LogP contribution in [0.15, 0.2) is 47.6 Å². The van der Waals surface area contributed by atoms with E-state index in [1.54, 1.807) is 16.7 Å². The average molecular weight is 463 g/mol. The first-order valence-electron chi connectivity index (χ1n) is 9.55. The Morgan fingerprint density at radius 3 is 2.53 bits per heavy atom. The van der Waals surface area contributed by atoms with Crippen molar-refractivity contribution in [1.29, 1.82) is 0 Å². The minimum absolute atomic E-state index is 0.0320. The van der Waals surface area contributed by atoms with Crippen LogP contribution in [0.1, 0.15) is 18.8 Å². The lowest BCUT2D eigenvalue weighted by Gasteiger charge is -2.18. The monoisotopic (exact) mass is 463 g/mol. The van der Waals surface area contributed by atoms with Crippen molar-refractivity contribution in [3.63, 3.8) is 0 Å². The summed E-state index contributed by atoms with van der Waals surface area (Å²) in [7, 11) is 3.94. The zero-order valence-corrected chi connectivity index (χ0v) is 18.3. The van der Waals surface area contributed by atoms with Crippen molar-refractivity contribution in [3.8, 4) is 5.69 Å². The highest BCUT2D eigenvalue weighted by Gasteiger charge is 2.24.